The largest absolute Gasteiger partial charge is 0.322 e. The third kappa shape index (κ3) is 4.57. The molecule has 4 heteroatoms. The number of para-hydroxylation sites is 1. The van der Waals surface area contributed by atoms with Crippen LogP contribution in [0.25, 0.3) is 21.9 Å². The number of hydrogen-bond acceptors (Lipinski definition) is 2. The van der Waals surface area contributed by atoms with Gasteiger partial charge in [-0.3, -0.25) is 9.59 Å². The minimum absolute atomic E-state index is 0.154. The number of anilines is 2. The summed E-state index contributed by atoms with van der Waals surface area (Å²) < 4.78 is 0. The van der Waals surface area contributed by atoms with Crippen LogP contribution in [0.3, 0.4) is 0 Å². The lowest BCUT2D eigenvalue weighted by Gasteiger charge is -2.10. The summed E-state index contributed by atoms with van der Waals surface area (Å²) in [5.41, 5.74) is 4.65. The molecule has 5 rings (SSSR count). The van der Waals surface area contributed by atoms with Gasteiger partial charge in [0.15, 0.2) is 0 Å². The summed E-state index contributed by atoms with van der Waals surface area (Å²) in [6.45, 7) is 0. The van der Waals surface area contributed by atoms with E-state index < -0.39 is 0 Å². The standard InChI is InChI=1S/C30H22N2O2/c33-29(31-26-9-2-1-3-10-26)24-17-13-21(14-18-24)22-15-19-25(20-16-22)30(34)32-28-12-6-8-23-7-4-5-11-27(23)28/h1-20H,(H,31,33)(H,32,34). The Morgan fingerprint density at radius 3 is 1.65 bits per heavy atom. The molecule has 0 bridgehead atoms. The predicted molar refractivity (Wildman–Crippen MR) is 138 cm³/mol. The monoisotopic (exact) mass is 442 g/mol. The summed E-state index contributed by atoms with van der Waals surface area (Å²) in [5, 5.41) is 7.99. The van der Waals surface area contributed by atoms with Gasteiger partial charge in [0.1, 0.15) is 0 Å². The van der Waals surface area contributed by atoms with E-state index in [9.17, 15) is 9.59 Å². The highest BCUT2D eigenvalue weighted by Crippen LogP contribution is 2.25. The maximum atomic E-state index is 12.8. The number of nitrogens with one attached hydrogen (secondary N) is 2. The highest BCUT2D eigenvalue weighted by molar-refractivity contribution is 6.09. The van der Waals surface area contributed by atoms with Gasteiger partial charge in [-0.05, 0) is 59.0 Å². The number of carbonyl (C=O) groups excluding carboxylic acids is 2. The molecule has 0 unspecified atom stereocenters. The molecule has 5 aromatic rings. The van der Waals surface area contributed by atoms with Crippen molar-refractivity contribution in [2.75, 3.05) is 10.6 Å². The number of hydrogen-bond donors (Lipinski definition) is 2. The van der Waals surface area contributed by atoms with Crippen molar-refractivity contribution >= 4 is 34.0 Å². The molecule has 0 atom stereocenters. The lowest BCUT2D eigenvalue weighted by Crippen LogP contribution is -2.12. The van der Waals surface area contributed by atoms with Crippen molar-refractivity contribution in [3.05, 3.63) is 132 Å². The molecule has 0 aliphatic rings. The van der Waals surface area contributed by atoms with Gasteiger partial charge in [-0.25, -0.2) is 0 Å². The lowest BCUT2D eigenvalue weighted by atomic mass is 10.0. The Kier molecular flexibility index (Phi) is 5.87. The van der Waals surface area contributed by atoms with E-state index in [2.05, 4.69) is 10.6 Å². The molecule has 34 heavy (non-hydrogen) atoms. The highest BCUT2D eigenvalue weighted by Gasteiger charge is 2.10. The van der Waals surface area contributed by atoms with Crippen LogP contribution in [-0.4, -0.2) is 11.8 Å². The summed E-state index contributed by atoms with van der Waals surface area (Å²) in [4.78, 5) is 25.3. The van der Waals surface area contributed by atoms with Crippen molar-refractivity contribution in [3.63, 3.8) is 0 Å². The van der Waals surface area contributed by atoms with Crippen LogP contribution in [0.5, 0.6) is 0 Å². The first kappa shape index (κ1) is 21.2. The lowest BCUT2D eigenvalue weighted by molar-refractivity contribution is 0.101. The zero-order valence-electron chi connectivity index (χ0n) is 18.4. The first-order valence-corrected chi connectivity index (χ1v) is 11.0. The van der Waals surface area contributed by atoms with E-state index >= 15 is 0 Å². The fourth-order valence-corrected chi connectivity index (χ4v) is 3.88. The van der Waals surface area contributed by atoms with Gasteiger partial charge in [0.25, 0.3) is 11.8 Å². The molecule has 2 N–H and O–H groups in total. The van der Waals surface area contributed by atoms with Gasteiger partial charge in [0.2, 0.25) is 0 Å². The quantitative estimate of drug-likeness (QED) is 0.307. The second-order valence-corrected chi connectivity index (χ2v) is 7.96. The number of rotatable bonds is 5. The van der Waals surface area contributed by atoms with E-state index in [0.29, 0.717) is 11.1 Å². The van der Waals surface area contributed by atoms with Crippen molar-refractivity contribution in [2.45, 2.75) is 0 Å². The van der Waals surface area contributed by atoms with Gasteiger partial charge >= 0.3 is 0 Å². The summed E-state index contributed by atoms with van der Waals surface area (Å²) in [6.07, 6.45) is 0. The topological polar surface area (TPSA) is 58.2 Å². The molecule has 0 radical (unpaired) electrons. The van der Waals surface area contributed by atoms with Gasteiger partial charge in [-0.15, -0.1) is 0 Å². The average molecular weight is 443 g/mol. The minimum Gasteiger partial charge on any atom is -0.322 e. The van der Waals surface area contributed by atoms with Crippen molar-refractivity contribution in [3.8, 4) is 11.1 Å². The van der Waals surface area contributed by atoms with E-state index in [1.165, 1.54) is 0 Å². The minimum atomic E-state index is -0.157. The van der Waals surface area contributed by atoms with Crippen LogP contribution in [-0.2, 0) is 0 Å². The normalized spacial score (nSPS) is 10.6. The molecule has 0 heterocycles. The summed E-state index contributed by atoms with van der Waals surface area (Å²) in [6, 6.07) is 38.1. The fraction of sp³-hybridized carbons (Fsp3) is 0. The summed E-state index contributed by atoms with van der Waals surface area (Å²) in [5.74, 6) is -0.311. The van der Waals surface area contributed by atoms with E-state index in [-0.39, 0.29) is 11.8 Å². The van der Waals surface area contributed by atoms with Crippen LogP contribution < -0.4 is 10.6 Å². The van der Waals surface area contributed by atoms with E-state index in [4.69, 9.17) is 0 Å². The molecule has 0 aliphatic carbocycles. The van der Waals surface area contributed by atoms with Gasteiger partial charge in [0.05, 0.1) is 0 Å². The van der Waals surface area contributed by atoms with E-state index in [1.54, 1.807) is 12.1 Å². The van der Waals surface area contributed by atoms with E-state index in [1.807, 2.05) is 109 Å². The summed E-state index contributed by atoms with van der Waals surface area (Å²) in [7, 11) is 0. The van der Waals surface area contributed by atoms with Gasteiger partial charge in [-0.2, -0.15) is 0 Å². The van der Waals surface area contributed by atoms with Crippen LogP contribution in [0.1, 0.15) is 20.7 Å². The Balaban J connectivity index is 1.28. The van der Waals surface area contributed by atoms with Crippen molar-refractivity contribution in [2.24, 2.45) is 0 Å². The smallest absolute Gasteiger partial charge is 0.255 e. The molecule has 0 saturated heterocycles. The third-order valence-electron chi connectivity index (χ3n) is 5.70. The van der Waals surface area contributed by atoms with Gasteiger partial charge in [-0.1, -0.05) is 78.9 Å². The van der Waals surface area contributed by atoms with Gasteiger partial charge < -0.3 is 10.6 Å². The number of carbonyl (C=O) groups is 2. The molecule has 0 saturated carbocycles. The average Bonchev–Trinajstić information content (AvgIpc) is 2.90. The van der Waals surface area contributed by atoms with Crippen LogP contribution in [0.4, 0.5) is 11.4 Å². The maximum Gasteiger partial charge on any atom is 0.255 e. The second-order valence-electron chi connectivity index (χ2n) is 7.96. The van der Waals surface area contributed by atoms with Crippen LogP contribution in [0.15, 0.2) is 121 Å². The molecular weight excluding hydrogens is 420 g/mol. The first-order valence-electron chi connectivity index (χ1n) is 11.0. The van der Waals surface area contributed by atoms with E-state index in [0.717, 1.165) is 33.3 Å². The molecule has 0 aliphatic heterocycles. The van der Waals surface area contributed by atoms with Crippen LogP contribution in [0, 0.1) is 0 Å². The fourth-order valence-electron chi connectivity index (χ4n) is 3.88. The Morgan fingerprint density at radius 2 is 1.00 bits per heavy atom. The Hall–Kier alpha value is -4.70. The molecule has 4 nitrogen and oxygen atoms in total. The number of benzene rings is 5. The predicted octanol–water partition coefficient (Wildman–Crippen LogP) is 7.01. The molecule has 0 spiro atoms. The molecule has 0 aromatic heterocycles. The second kappa shape index (κ2) is 9.43. The molecule has 2 amide bonds. The highest BCUT2D eigenvalue weighted by atomic mass is 16.2. The maximum absolute atomic E-state index is 12.8. The van der Waals surface area contributed by atoms with Crippen LogP contribution in [0.2, 0.25) is 0 Å². The van der Waals surface area contributed by atoms with Crippen molar-refractivity contribution in [1.29, 1.82) is 0 Å². The summed E-state index contributed by atoms with van der Waals surface area (Å²) >= 11 is 0. The zero-order valence-corrected chi connectivity index (χ0v) is 18.4. The van der Waals surface area contributed by atoms with Gasteiger partial charge in [0, 0.05) is 27.9 Å². The van der Waals surface area contributed by atoms with Crippen LogP contribution >= 0.6 is 0 Å². The molecule has 164 valence electrons. The number of fused-ring (bicyclic) bond motifs is 1. The molecular formula is C30H22N2O2. The molecule has 0 fully saturated rings. The van der Waals surface area contributed by atoms with Crippen molar-refractivity contribution < 1.29 is 9.59 Å². The first-order chi connectivity index (χ1) is 16.7. The van der Waals surface area contributed by atoms with Crippen molar-refractivity contribution in [1.82, 2.24) is 0 Å². The Bertz CT molecular complexity index is 1450. The Labute approximate surface area is 197 Å². The molecule has 5 aromatic carbocycles. The zero-order chi connectivity index (χ0) is 23.3. The SMILES string of the molecule is O=C(Nc1ccccc1)c1ccc(-c2ccc(C(=O)Nc3cccc4ccccc34)cc2)cc1. The number of amides is 2. The third-order valence-corrected chi connectivity index (χ3v) is 5.70. The Morgan fingerprint density at radius 1 is 0.471 bits per heavy atom.